The van der Waals surface area contributed by atoms with Gasteiger partial charge in [0.15, 0.2) is 0 Å². The molecule has 132 valence electrons. The third-order valence-corrected chi connectivity index (χ3v) is 4.86. The summed E-state index contributed by atoms with van der Waals surface area (Å²) in [6.45, 7) is 5.55. The number of nitrogens with zero attached hydrogens (tertiary/aromatic N) is 2. The van der Waals surface area contributed by atoms with Gasteiger partial charge in [0.2, 0.25) is 5.91 Å². The third-order valence-electron chi connectivity index (χ3n) is 4.86. The SMILES string of the molecule is CCc1ccc(C(=O)N2CCCC(N3CCNCC3=O)C2)cc1.Cl. The smallest absolute Gasteiger partial charge is 0.253 e. The molecule has 0 radical (unpaired) electrons. The molecule has 3 rings (SSSR count). The average Bonchev–Trinajstić information content (AvgIpc) is 2.62. The molecule has 0 aliphatic carbocycles. The van der Waals surface area contributed by atoms with Gasteiger partial charge in [-0.25, -0.2) is 0 Å². The zero-order valence-electron chi connectivity index (χ0n) is 14.2. The number of carbonyl (C=O) groups excluding carboxylic acids is 2. The van der Waals surface area contributed by atoms with Crippen LogP contribution in [-0.2, 0) is 11.2 Å². The van der Waals surface area contributed by atoms with Crippen LogP contribution in [0.3, 0.4) is 0 Å². The van der Waals surface area contributed by atoms with Crippen molar-refractivity contribution in [3.8, 4) is 0 Å². The fourth-order valence-corrected chi connectivity index (χ4v) is 3.47. The molecule has 0 aromatic heterocycles. The minimum Gasteiger partial charge on any atom is -0.337 e. The number of carbonyl (C=O) groups is 2. The number of piperidine rings is 1. The molecule has 2 aliphatic rings. The number of rotatable bonds is 3. The molecule has 24 heavy (non-hydrogen) atoms. The van der Waals surface area contributed by atoms with Crippen molar-refractivity contribution in [3.63, 3.8) is 0 Å². The van der Waals surface area contributed by atoms with Crippen LogP contribution in [0.1, 0.15) is 35.7 Å². The van der Waals surface area contributed by atoms with Gasteiger partial charge in [0, 0.05) is 37.8 Å². The number of hydrogen-bond acceptors (Lipinski definition) is 3. The number of piperazine rings is 1. The fraction of sp³-hybridized carbons (Fsp3) is 0.556. The molecule has 5 nitrogen and oxygen atoms in total. The predicted molar refractivity (Wildman–Crippen MR) is 96.6 cm³/mol. The maximum Gasteiger partial charge on any atom is 0.253 e. The van der Waals surface area contributed by atoms with Crippen molar-refractivity contribution in [2.24, 2.45) is 0 Å². The molecule has 2 saturated heterocycles. The van der Waals surface area contributed by atoms with Crippen LogP contribution in [0.2, 0.25) is 0 Å². The molecule has 6 heteroatoms. The van der Waals surface area contributed by atoms with Gasteiger partial charge in [-0.2, -0.15) is 0 Å². The van der Waals surface area contributed by atoms with E-state index in [1.165, 1.54) is 5.56 Å². The Balaban J connectivity index is 0.00000208. The molecule has 1 N–H and O–H groups in total. The lowest BCUT2D eigenvalue weighted by Gasteiger charge is -2.41. The zero-order valence-corrected chi connectivity index (χ0v) is 15.0. The monoisotopic (exact) mass is 351 g/mol. The van der Waals surface area contributed by atoms with E-state index in [1.54, 1.807) is 0 Å². The van der Waals surface area contributed by atoms with E-state index >= 15 is 0 Å². The quantitative estimate of drug-likeness (QED) is 0.902. The summed E-state index contributed by atoms with van der Waals surface area (Å²) in [4.78, 5) is 28.7. The number of likely N-dealkylation sites (tertiary alicyclic amines) is 1. The lowest BCUT2D eigenvalue weighted by Crippen LogP contribution is -2.57. The first-order valence-electron chi connectivity index (χ1n) is 8.57. The molecule has 1 aromatic rings. The first-order valence-corrected chi connectivity index (χ1v) is 8.57. The van der Waals surface area contributed by atoms with Gasteiger partial charge in [-0.05, 0) is 37.0 Å². The molecule has 0 saturated carbocycles. The van der Waals surface area contributed by atoms with E-state index in [0.29, 0.717) is 13.1 Å². The van der Waals surface area contributed by atoms with Crippen LogP contribution >= 0.6 is 12.4 Å². The Hall–Kier alpha value is -1.59. The molecular weight excluding hydrogens is 326 g/mol. The van der Waals surface area contributed by atoms with Crippen molar-refractivity contribution in [3.05, 3.63) is 35.4 Å². The molecule has 2 aliphatic heterocycles. The van der Waals surface area contributed by atoms with Crippen molar-refractivity contribution >= 4 is 24.2 Å². The minimum atomic E-state index is 0. The van der Waals surface area contributed by atoms with Gasteiger partial charge in [0.05, 0.1) is 6.54 Å². The second-order valence-electron chi connectivity index (χ2n) is 6.36. The Labute approximate surface area is 149 Å². The van der Waals surface area contributed by atoms with Crippen LogP contribution in [0.4, 0.5) is 0 Å². The number of nitrogens with one attached hydrogen (secondary N) is 1. The van der Waals surface area contributed by atoms with E-state index < -0.39 is 0 Å². The number of benzene rings is 1. The summed E-state index contributed by atoms with van der Waals surface area (Å²) in [5.41, 5.74) is 1.99. The predicted octanol–water partition coefficient (Wildman–Crippen LogP) is 1.71. The number of aryl methyl sites for hydroxylation is 1. The van der Waals surface area contributed by atoms with Gasteiger partial charge < -0.3 is 15.1 Å². The van der Waals surface area contributed by atoms with Crippen LogP contribution in [0.5, 0.6) is 0 Å². The Bertz CT molecular complexity index is 576. The highest BCUT2D eigenvalue weighted by Crippen LogP contribution is 2.19. The highest BCUT2D eigenvalue weighted by Gasteiger charge is 2.31. The summed E-state index contributed by atoms with van der Waals surface area (Å²) in [6, 6.07) is 8.04. The number of hydrogen-bond donors (Lipinski definition) is 1. The Morgan fingerprint density at radius 1 is 1.25 bits per heavy atom. The highest BCUT2D eigenvalue weighted by molar-refractivity contribution is 5.94. The normalized spacial score (nSPS) is 21.4. The number of amides is 2. The summed E-state index contributed by atoms with van der Waals surface area (Å²) in [7, 11) is 0. The first-order chi connectivity index (χ1) is 11.2. The molecule has 0 spiro atoms. The van der Waals surface area contributed by atoms with Crippen LogP contribution in [0.25, 0.3) is 0 Å². The average molecular weight is 352 g/mol. The van der Waals surface area contributed by atoms with Gasteiger partial charge in [0.1, 0.15) is 0 Å². The molecule has 1 atom stereocenters. The Morgan fingerprint density at radius 2 is 2.00 bits per heavy atom. The lowest BCUT2D eigenvalue weighted by atomic mass is 10.0. The molecule has 1 unspecified atom stereocenters. The van der Waals surface area contributed by atoms with Crippen LogP contribution in [-0.4, -0.2) is 60.4 Å². The molecule has 2 fully saturated rings. The summed E-state index contributed by atoms with van der Waals surface area (Å²) in [5.74, 6) is 0.239. The first kappa shape index (κ1) is 18.7. The van der Waals surface area contributed by atoms with Crippen molar-refractivity contribution in [2.75, 3.05) is 32.7 Å². The molecule has 2 heterocycles. The second-order valence-corrected chi connectivity index (χ2v) is 6.36. The Kier molecular flexibility index (Phi) is 6.63. The van der Waals surface area contributed by atoms with E-state index in [-0.39, 0.29) is 30.3 Å². The molecule has 2 amide bonds. The minimum absolute atomic E-state index is 0. The lowest BCUT2D eigenvalue weighted by molar-refractivity contribution is -0.135. The summed E-state index contributed by atoms with van der Waals surface area (Å²) >= 11 is 0. The fourth-order valence-electron chi connectivity index (χ4n) is 3.47. The maximum atomic E-state index is 12.7. The Morgan fingerprint density at radius 3 is 2.67 bits per heavy atom. The summed E-state index contributed by atoms with van der Waals surface area (Å²) < 4.78 is 0. The van der Waals surface area contributed by atoms with E-state index in [0.717, 1.165) is 44.5 Å². The van der Waals surface area contributed by atoms with E-state index in [4.69, 9.17) is 0 Å². The van der Waals surface area contributed by atoms with Crippen molar-refractivity contribution in [1.82, 2.24) is 15.1 Å². The summed E-state index contributed by atoms with van der Waals surface area (Å²) in [6.07, 6.45) is 2.93. The van der Waals surface area contributed by atoms with E-state index in [1.807, 2.05) is 34.1 Å². The van der Waals surface area contributed by atoms with Crippen LogP contribution in [0, 0.1) is 0 Å². The van der Waals surface area contributed by atoms with Gasteiger partial charge in [0.25, 0.3) is 5.91 Å². The van der Waals surface area contributed by atoms with Gasteiger partial charge in [-0.3, -0.25) is 9.59 Å². The standard InChI is InChI=1S/C18H25N3O2.ClH/c1-2-14-5-7-15(8-6-14)18(23)20-10-3-4-16(13-20)21-11-9-19-12-17(21)22;/h5-8,16,19H,2-4,9-13H2,1H3;1H. The number of halogens is 1. The van der Waals surface area contributed by atoms with Gasteiger partial charge in [-0.15, -0.1) is 12.4 Å². The van der Waals surface area contributed by atoms with Crippen molar-refractivity contribution in [1.29, 1.82) is 0 Å². The van der Waals surface area contributed by atoms with Crippen molar-refractivity contribution < 1.29 is 9.59 Å². The van der Waals surface area contributed by atoms with E-state index in [2.05, 4.69) is 12.2 Å². The van der Waals surface area contributed by atoms with Crippen LogP contribution < -0.4 is 5.32 Å². The molecule has 1 aromatic carbocycles. The highest BCUT2D eigenvalue weighted by atomic mass is 35.5. The maximum absolute atomic E-state index is 12.7. The third kappa shape index (κ3) is 4.08. The van der Waals surface area contributed by atoms with Gasteiger partial charge >= 0.3 is 0 Å². The van der Waals surface area contributed by atoms with Gasteiger partial charge in [-0.1, -0.05) is 19.1 Å². The van der Waals surface area contributed by atoms with E-state index in [9.17, 15) is 9.59 Å². The second kappa shape index (κ2) is 8.49. The topological polar surface area (TPSA) is 52.7 Å². The largest absolute Gasteiger partial charge is 0.337 e. The van der Waals surface area contributed by atoms with Crippen molar-refractivity contribution in [2.45, 2.75) is 32.2 Å². The van der Waals surface area contributed by atoms with Crippen LogP contribution in [0.15, 0.2) is 24.3 Å². The molecular formula is C18H26ClN3O2. The summed E-state index contributed by atoms with van der Waals surface area (Å²) in [5, 5.41) is 3.10. The molecule has 0 bridgehead atoms. The zero-order chi connectivity index (χ0) is 16.2.